The second kappa shape index (κ2) is 12.4. The smallest absolute Gasteiger partial charge is 0.251 e. The largest absolute Gasteiger partial charge is 0.493 e. The molecule has 1 amide bonds. The summed E-state index contributed by atoms with van der Waals surface area (Å²) in [6.07, 6.45) is 9.55. The lowest BCUT2D eigenvalue weighted by molar-refractivity contribution is 0.0952. The number of hydrogen-bond donors (Lipinski definition) is 1. The fourth-order valence-corrected chi connectivity index (χ4v) is 5.89. The SMILES string of the molecule is CN(C)CCCNC(=O)c1ccc2c(c1)/C=C/c1nn(PI)c3cnc(cc13)-c1cnn(C)c1OCCCO2. The highest BCUT2D eigenvalue weighted by atomic mass is 127. The van der Waals surface area contributed by atoms with Crippen molar-refractivity contribution in [1.82, 2.24) is 34.5 Å². The van der Waals surface area contributed by atoms with Crippen molar-refractivity contribution in [2.75, 3.05) is 40.4 Å². The average Bonchev–Trinajstić information content (AvgIpc) is 3.48. The minimum atomic E-state index is -0.0998. The van der Waals surface area contributed by atoms with Crippen LogP contribution >= 0.6 is 28.4 Å². The molecule has 12 heteroatoms. The summed E-state index contributed by atoms with van der Waals surface area (Å²) in [5, 5.41) is 13.2. The first-order valence-electron chi connectivity index (χ1n) is 12.7. The van der Waals surface area contributed by atoms with Crippen molar-refractivity contribution < 1.29 is 14.3 Å². The van der Waals surface area contributed by atoms with Crippen LogP contribution in [0.1, 0.15) is 34.5 Å². The van der Waals surface area contributed by atoms with E-state index in [2.05, 4.69) is 37.4 Å². The van der Waals surface area contributed by atoms with Crippen molar-refractivity contribution in [3.05, 3.63) is 53.5 Å². The van der Waals surface area contributed by atoms with Crippen molar-refractivity contribution in [3.8, 4) is 22.9 Å². The molecule has 10 nitrogen and oxygen atoms in total. The molecule has 5 rings (SSSR count). The Labute approximate surface area is 242 Å². The Bertz CT molecular complexity index is 1510. The van der Waals surface area contributed by atoms with E-state index in [1.807, 2.05) is 62.1 Å². The molecule has 1 N–H and O–H groups in total. The molecule has 0 saturated carbocycles. The number of aromatic nitrogens is 5. The molecule has 39 heavy (non-hydrogen) atoms. The summed E-state index contributed by atoms with van der Waals surface area (Å²) in [4.78, 5) is 19.7. The number of pyridine rings is 1. The van der Waals surface area contributed by atoms with Crippen LogP contribution in [0.2, 0.25) is 0 Å². The van der Waals surface area contributed by atoms with Crippen molar-refractivity contribution >= 4 is 57.4 Å². The fraction of sp³-hybridized carbons (Fsp3) is 0.333. The van der Waals surface area contributed by atoms with Gasteiger partial charge in [0.2, 0.25) is 5.88 Å². The van der Waals surface area contributed by atoms with E-state index in [1.54, 1.807) is 16.9 Å². The molecule has 0 radical (unpaired) electrons. The van der Waals surface area contributed by atoms with Gasteiger partial charge in [-0.15, -0.1) is 0 Å². The van der Waals surface area contributed by atoms with Crippen LogP contribution in [0, 0.1) is 0 Å². The molecule has 0 spiro atoms. The Balaban J connectivity index is 1.52. The lowest BCUT2D eigenvalue weighted by Gasteiger charge is -2.13. The highest BCUT2D eigenvalue weighted by Gasteiger charge is 2.18. The van der Waals surface area contributed by atoms with E-state index >= 15 is 0 Å². The van der Waals surface area contributed by atoms with Gasteiger partial charge in [-0.05, 0) is 85.5 Å². The number of halogens is 1. The molecule has 1 atom stereocenters. The van der Waals surface area contributed by atoms with Gasteiger partial charge < -0.3 is 19.7 Å². The van der Waals surface area contributed by atoms with E-state index in [1.165, 1.54) is 0 Å². The maximum absolute atomic E-state index is 12.9. The van der Waals surface area contributed by atoms with Crippen molar-refractivity contribution in [2.45, 2.75) is 12.8 Å². The highest BCUT2D eigenvalue weighted by molar-refractivity contribution is 14.2. The maximum Gasteiger partial charge on any atom is 0.251 e. The Morgan fingerprint density at radius 2 is 2.03 bits per heavy atom. The number of amides is 1. The first-order chi connectivity index (χ1) is 18.9. The normalized spacial score (nSPS) is 14.5. The molecule has 4 aromatic rings. The van der Waals surface area contributed by atoms with Crippen LogP contribution in [0.25, 0.3) is 34.3 Å². The molecular weight excluding hydrogens is 628 g/mol. The molecule has 1 aromatic carbocycles. The lowest BCUT2D eigenvalue weighted by Crippen LogP contribution is -2.27. The van der Waals surface area contributed by atoms with Crippen LogP contribution in [0.4, 0.5) is 0 Å². The number of nitrogens with zero attached hydrogens (tertiary/aromatic N) is 6. The molecule has 2 bridgehead atoms. The van der Waals surface area contributed by atoms with Gasteiger partial charge in [-0.1, -0.05) is 0 Å². The summed E-state index contributed by atoms with van der Waals surface area (Å²) in [5.41, 5.74) is 4.77. The van der Waals surface area contributed by atoms with Gasteiger partial charge in [0, 0.05) is 36.5 Å². The zero-order valence-electron chi connectivity index (χ0n) is 22.1. The van der Waals surface area contributed by atoms with Crippen LogP contribution in [0.15, 0.2) is 36.7 Å². The molecule has 1 unspecified atom stereocenters. The monoisotopic (exact) mass is 659 g/mol. The van der Waals surface area contributed by atoms with Gasteiger partial charge >= 0.3 is 0 Å². The Morgan fingerprint density at radius 3 is 2.85 bits per heavy atom. The maximum atomic E-state index is 12.9. The zero-order valence-corrected chi connectivity index (χ0v) is 25.3. The molecule has 1 aliphatic rings. The third-order valence-electron chi connectivity index (χ3n) is 6.38. The number of ether oxygens (including phenoxy) is 2. The predicted molar refractivity (Wildman–Crippen MR) is 164 cm³/mol. The van der Waals surface area contributed by atoms with Gasteiger partial charge in [0.15, 0.2) is 0 Å². The van der Waals surface area contributed by atoms with E-state index in [0.717, 1.165) is 46.4 Å². The van der Waals surface area contributed by atoms with Crippen LogP contribution < -0.4 is 14.8 Å². The van der Waals surface area contributed by atoms with Crippen molar-refractivity contribution in [3.63, 3.8) is 0 Å². The highest BCUT2D eigenvalue weighted by Crippen LogP contribution is 2.35. The van der Waals surface area contributed by atoms with Crippen molar-refractivity contribution in [1.29, 1.82) is 0 Å². The standard InChI is InChI=1S/C27H31IN7O3P/c1-33(2)11-4-10-29-26(36)19-7-9-25-18(14-19)6-8-22-20-15-23(30-17-24(20)35(32-22)39-28)21-16-31-34(3)27(21)38-13-5-12-37-25/h6-9,14-17,39H,4-5,10-13H2,1-3H3,(H,29,36)/b8-6+. The third kappa shape index (κ3) is 6.26. The summed E-state index contributed by atoms with van der Waals surface area (Å²) in [6, 6.07) is 7.57. The Hall–Kier alpha value is -3.02. The van der Waals surface area contributed by atoms with Gasteiger partial charge in [-0.25, -0.2) is 9.13 Å². The van der Waals surface area contributed by atoms with E-state index in [4.69, 9.17) is 19.6 Å². The zero-order chi connectivity index (χ0) is 27.4. The quantitative estimate of drug-likeness (QED) is 0.183. The van der Waals surface area contributed by atoms with Gasteiger partial charge in [-0.2, -0.15) is 10.2 Å². The average molecular weight is 659 g/mol. The summed E-state index contributed by atoms with van der Waals surface area (Å²) in [7, 11) is 5.91. The lowest BCUT2D eigenvalue weighted by atomic mass is 10.1. The minimum Gasteiger partial charge on any atom is -0.493 e. The molecule has 204 valence electrons. The second-order valence-electron chi connectivity index (χ2n) is 9.50. The number of rotatable bonds is 6. The van der Waals surface area contributed by atoms with Crippen molar-refractivity contribution in [2.24, 2.45) is 7.05 Å². The number of hydrogen-bond acceptors (Lipinski definition) is 7. The van der Waals surface area contributed by atoms with E-state index in [9.17, 15) is 4.79 Å². The molecule has 0 saturated heterocycles. The van der Waals surface area contributed by atoms with Gasteiger partial charge in [0.05, 0.1) is 54.4 Å². The fourth-order valence-electron chi connectivity index (χ4n) is 4.37. The third-order valence-corrected chi connectivity index (χ3v) is 8.25. The number of fused-ring (bicyclic) bond motifs is 4. The molecule has 0 fully saturated rings. The Kier molecular flexibility index (Phi) is 8.79. The number of aryl methyl sites for hydroxylation is 1. The molecule has 1 aliphatic heterocycles. The Morgan fingerprint density at radius 1 is 1.18 bits per heavy atom. The molecule has 3 aromatic heterocycles. The number of nitrogens with one attached hydrogen (secondary N) is 1. The van der Waals surface area contributed by atoms with Gasteiger partial charge in [0.1, 0.15) is 5.75 Å². The molecular formula is C27H31IN7O3P. The number of carbonyl (C=O) groups is 1. The predicted octanol–water partition coefficient (Wildman–Crippen LogP) is 4.64. The summed E-state index contributed by atoms with van der Waals surface area (Å²) < 4.78 is 15.9. The summed E-state index contributed by atoms with van der Waals surface area (Å²) in [6.45, 7) is 2.47. The molecule has 4 heterocycles. The van der Waals surface area contributed by atoms with Crippen LogP contribution in [-0.2, 0) is 7.05 Å². The van der Waals surface area contributed by atoms with Gasteiger partial charge in [-0.3, -0.25) is 9.78 Å². The van der Waals surface area contributed by atoms with Gasteiger partial charge in [0.25, 0.3) is 5.91 Å². The number of benzene rings is 1. The first kappa shape index (κ1) is 27.5. The summed E-state index contributed by atoms with van der Waals surface area (Å²) >= 11 is 2.32. The topological polar surface area (TPSA) is 99.3 Å². The van der Waals surface area contributed by atoms with E-state index in [-0.39, 0.29) is 5.91 Å². The molecule has 0 aliphatic carbocycles. The van der Waals surface area contributed by atoms with E-state index in [0.29, 0.717) is 49.7 Å². The minimum absolute atomic E-state index is 0.0998. The number of carbonyl (C=O) groups excluding carboxylic acids is 1. The van der Waals surface area contributed by atoms with Crippen LogP contribution in [0.5, 0.6) is 11.6 Å². The second-order valence-corrected chi connectivity index (χ2v) is 11.5. The van der Waals surface area contributed by atoms with E-state index < -0.39 is 0 Å². The van der Waals surface area contributed by atoms with Crippen LogP contribution in [-0.4, -0.2) is 75.5 Å². The summed E-state index contributed by atoms with van der Waals surface area (Å²) in [5.74, 6) is 1.27. The van der Waals surface area contributed by atoms with Crippen LogP contribution in [0.3, 0.4) is 0 Å². The first-order valence-corrected chi connectivity index (χ1v) is 16.8.